The van der Waals surface area contributed by atoms with Gasteiger partial charge in [0, 0.05) is 7.11 Å². The highest BCUT2D eigenvalue weighted by molar-refractivity contribution is 6.34. The predicted molar refractivity (Wildman–Crippen MR) is 44.6 cm³/mol. The highest BCUT2D eigenvalue weighted by atomic mass is 16.7. The molecule has 2 N–H and O–H groups in total. The topological polar surface area (TPSA) is 100 Å². The highest BCUT2D eigenvalue weighted by Gasteiger charge is 2.11. The first-order valence-electron chi connectivity index (χ1n) is 3.78. The van der Waals surface area contributed by atoms with Gasteiger partial charge in [0.25, 0.3) is 0 Å². The van der Waals surface area contributed by atoms with E-state index < -0.39 is 11.8 Å². The first-order chi connectivity index (χ1) is 6.72. The van der Waals surface area contributed by atoms with Gasteiger partial charge in [-0.3, -0.25) is 14.4 Å². The van der Waals surface area contributed by atoms with Crippen LogP contribution in [0.2, 0.25) is 0 Å². The third-order valence-electron chi connectivity index (χ3n) is 1.09. The van der Waals surface area contributed by atoms with E-state index in [4.69, 9.17) is 5.26 Å². The van der Waals surface area contributed by atoms with Gasteiger partial charge in [0.1, 0.15) is 6.54 Å². The van der Waals surface area contributed by atoms with Crippen LogP contribution in [0.4, 0.5) is 0 Å². The van der Waals surface area contributed by atoms with Crippen molar-refractivity contribution in [3.8, 4) is 6.07 Å². The summed E-state index contributed by atoms with van der Waals surface area (Å²) in [5.74, 6) is -1.86. The SMILES string of the molecule is COCCONC(=O)C(=O)NCC#N. The average Bonchev–Trinajstić information content (AvgIpc) is 2.20. The molecule has 0 saturated heterocycles. The van der Waals surface area contributed by atoms with E-state index in [1.165, 1.54) is 7.11 Å². The summed E-state index contributed by atoms with van der Waals surface area (Å²) in [4.78, 5) is 26.2. The number of methoxy groups -OCH3 is 1. The van der Waals surface area contributed by atoms with Gasteiger partial charge in [0.05, 0.1) is 19.3 Å². The molecule has 0 saturated carbocycles. The zero-order valence-corrected chi connectivity index (χ0v) is 7.70. The molecule has 2 amide bonds. The second kappa shape index (κ2) is 7.97. The molecule has 0 aliphatic rings. The van der Waals surface area contributed by atoms with E-state index in [2.05, 4.69) is 9.57 Å². The zero-order valence-electron chi connectivity index (χ0n) is 7.70. The van der Waals surface area contributed by atoms with Gasteiger partial charge in [-0.25, -0.2) is 5.48 Å². The van der Waals surface area contributed by atoms with Crippen LogP contribution < -0.4 is 10.8 Å². The van der Waals surface area contributed by atoms with Crippen molar-refractivity contribution in [2.75, 3.05) is 26.9 Å². The Balaban J connectivity index is 3.53. The highest BCUT2D eigenvalue weighted by Crippen LogP contribution is 1.72. The standard InChI is InChI=1S/C7H11N3O4/c1-13-4-5-14-10-7(12)6(11)9-3-2-8/h3-5H2,1H3,(H,9,11)(H,10,12). The zero-order chi connectivity index (χ0) is 10.8. The van der Waals surface area contributed by atoms with Crippen molar-refractivity contribution < 1.29 is 19.2 Å². The fourth-order valence-electron chi connectivity index (χ4n) is 0.488. The van der Waals surface area contributed by atoms with Crippen LogP contribution in [0.25, 0.3) is 0 Å². The molecular formula is C7H11N3O4. The lowest BCUT2D eigenvalue weighted by atomic mass is 10.5. The first-order valence-corrected chi connectivity index (χ1v) is 3.78. The van der Waals surface area contributed by atoms with E-state index in [1.54, 1.807) is 6.07 Å². The lowest BCUT2D eigenvalue weighted by Gasteiger charge is -2.03. The van der Waals surface area contributed by atoms with Crippen LogP contribution in [0.1, 0.15) is 0 Å². The van der Waals surface area contributed by atoms with Crippen LogP contribution in [0.15, 0.2) is 0 Å². The minimum absolute atomic E-state index is 0.147. The number of carbonyl (C=O) groups excluding carboxylic acids is 2. The number of hydroxylamine groups is 1. The fourth-order valence-corrected chi connectivity index (χ4v) is 0.488. The number of carbonyl (C=O) groups is 2. The molecule has 78 valence electrons. The molecule has 7 heteroatoms. The lowest BCUT2D eigenvalue weighted by Crippen LogP contribution is -2.40. The summed E-state index contributed by atoms with van der Waals surface area (Å²) in [6, 6.07) is 1.66. The Morgan fingerprint density at radius 3 is 2.64 bits per heavy atom. The minimum atomic E-state index is -0.948. The van der Waals surface area contributed by atoms with Crippen molar-refractivity contribution in [2.24, 2.45) is 0 Å². The van der Waals surface area contributed by atoms with Gasteiger partial charge in [0.2, 0.25) is 0 Å². The Kier molecular flexibility index (Phi) is 7.03. The lowest BCUT2D eigenvalue weighted by molar-refractivity contribution is -0.147. The maximum absolute atomic E-state index is 10.8. The van der Waals surface area contributed by atoms with E-state index >= 15 is 0 Å². The van der Waals surface area contributed by atoms with E-state index in [1.807, 2.05) is 10.8 Å². The van der Waals surface area contributed by atoms with Crippen LogP contribution in [-0.2, 0) is 19.2 Å². The Hall–Kier alpha value is -1.65. The molecule has 0 radical (unpaired) electrons. The van der Waals surface area contributed by atoms with Gasteiger partial charge in [0.15, 0.2) is 0 Å². The first kappa shape index (κ1) is 12.3. The molecular weight excluding hydrogens is 190 g/mol. The largest absolute Gasteiger partial charge is 0.382 e. The maximum atomic E-state index is 10.8. The molecule has 0 spiro atoms. The number of amides is 2. The Bertz CT molecular complexity index is 236. The fraction of sp³-hybridized carbons (Fsp3) is 0.571. The van der Waals surface area contributed by atoms with Crippen LogP contribution in [-0.4, -0.2) is 38.7 Å². The van der Waals surface area contributed by atoms with Gasteiger partial charge in [-0.2, -0.15) is 5.26 Å². The number of nitrogens with zero attached hydrogens (tertiary/aromatic N) is 1. The van der Waals surface area contributed by atoms with Crippen molar-refractivity contribution in [3.05, 3.63) is 0 Å². The maximum Gasteiger partial charge on any atom is 0.332 e. The monoisotopic (exact) mass is 201 g/mol. The van der Waals surface area contributed by atoms with Crippen LogP contribution >= 0.6 is 0 Å². The second-order valence-corrected chi connectivity index (χ2v) is 2.11. The molecule has 0 fully saturated rings. The quantitative estimate of drug-likeness (QED) is 0.239. The Morgan fingerprint density at radius 2 is 2.07 bits per heavy atom. The molecule has 0 aromatic rings. The molecule has 0 atom stereocenters. The summed E-state index contributed by atoms with van der Waals surface area (Å²) in [5.41, 5.74) is 1.89. The number of rotatable bonds is 5. The molecule has 0 aliphatic carbocycles. The van der Waals surface area contributed by atoms with E-state index in [0.29, 0.717) is 6.61 Å². The third kappa shape index (κ3) is 5.93. The summed E-state index contributed by atoms with van der Waals surface area (Å²) in [6.07, 6.45) is 0. The number of nitrogens with one attached hydrogen (secondary N) is 2. The van der Waals surface area contributed by atoms with Crippen LogP contribution in [0, 0.1) is 11.3 Å². The minimum Gasteiger partial charge on any atom is -0.382 e. The number of hydrogen-bond donors (Lipinski definition) is 2. The van der Waals surface area contributed by atoms with Gasteiger partial charge in [-0.1, -0.05) is 0 Å². The molecule has 0 rings (SSSR count). The van der Waals surface area contributed by atoms with E-state index in [0.717, 1.165) is 0 Å². The molecule has 0 unspecified atom stereocenters. The number of hydrogen-bond acceptors (Lipinski definition) is 5. The summed E-state index contributed by atoms with van der Waals surface area (Å²) in [6.45, 7) is 0.234. The third-order valence-corrected chi connectivity index (χ3v) is 1.09. The van der Waals surface area contributed by atoms with Crippen LogP contribution in [0.3, 0.4) is 0 Å². The van der Waals surface area contributed by atoms with Gasteiger partial charge >= 0.3 is 11.8 Å². The molecule has 0 bridgehead atoms. The van der Waals surface area contributed by atoms with Gasteiger partial charge in [-0.15, -0.1) is 0 Å². The summed E-state index contributed by atoms with van der Waals surface area (Å²) >= 11 is 0. The normalized spacial score (nSPS) is 8.86. The molecule has 0 aromatic carbocycles. The number of nitriles is 1. The second-order valence-electron chi connectivity index (χ2n) is 2.11. The molecule has 7 nitrogen and oxygen atoms in total. The van der Waals surface area contributed by atoms with Crippen molar-refractivity contribution in [1.82, 2.24) is 10.8 Å². The molecule has 0 heterocycles. The van der Waals surface area contributed by atoms with Crippen molar-refractivity contribution >= 4 is 11.8 Å². The summed E-state index contributed by atoms with van der Waals surface area (Å²) in [7, 11) is 1.48. The predicted octanol–water partition coefficient (Wildman–Crippen LogP) is -1.68. The Morgan fingerprint density at radius 1 is 1.36 bits per heavy atom. The summed E-state index contributed by atoms with van der Waals surface area (Å²) in [5, 5.41) is 10.1. The van der Waals surface area contributed by atoms with Gasteiger partial charge < -0.3 is 10.1 Å². The van der Waals surface area contributed by atoms with E-state index in [9.17, 15) is 9.59 Å². The molecule has 14 heavy (non-hydrogen) atoms. The van der Waals surface area contributed by atoms with Crippen molar-refractivity contribution in [3.63, 3.8) is 0 Å². The van der Waals surface area contributed by atoms with Crippen LogP contribution in [0.5, 0.6) is 0 Å². The van der Waals surface area contributed by atoms with Crippen molar-refractivity contribution in [1.29, 1.82) is 5.26 Å². The molecule has 0 aromatic heterocycles. The van der Waals surface area contributed by atoms with Crippen molar-refractivity contribution in [2.45, 2.75) is 0 Å². The number of ether oxygens (including phenoxy) is 1. The van der Waals surface area contributed by atoms with Gasteiger partial charge in [-0.05, 0) is 0 Å². The average molecular weight is 201 g/mol. The molecule has 0 aliphatic heterocycles. The Labute approximate surface area is 80.9 Å². The smallest absolute Gasteiger partial charge is 0.332 e. The van der Waals surface area contributed by atoms with E-state index in [-0.39, 0.29) is 13.2 Å². The summed E-state index contributed by atoms with van der Waals surface area (Å²) < 4.78 is 4.63.